The van der Waals surface area contributed by atoms with Crippen molar-refractivity contribution in [3.8, 4) is 5.75 Å². The third-order valence-electron chi connectivity index (χ3n) is 3.50. The van der Waals surface area contributed by atoms with Gasteiger partial charge in [-0.15, -0.1) is 11.3 Å². The first-order chi connectivity index (χ1) is 10.0. The Labute approximate surface area is 128 Å². The molecule has 0 radical (unpaired) electrons. The molecule has 0 amide bonds. The second kappa shape index (κ2) is 5.23. The molecule has 112 valence electrons. The van der Waals surface area contributed by atoms with E-state index < -0.39 is 10.0 Å². The fourth-order valence-corrected chi connectivity index (χ4v) is 5.30. The average Bonchev–Trinajstić information content (AvgIpc) is 2.93. The molecule has 0 aliphatic carbocycles. The van der Waals surface area contributed by atoms with Crippen molar-refractivity contribution in [1.29, 1.82) is 0 Å². The number of sulfonamides is 1. The van der Waals surface area contributed by atoms with Gasteiger partial charge < -0.3 is 10.5 Å². The summed E-state index contributed by atoms with van der Waals surface area (Å²) in [6.07, 6.45) is 1.64. The van der Waals surface area contributed by atoms with E-state index in [0.29, 0.717) is 23.7 Å². The molecule has 0 spiro atoms. The van der Waals surface area contributed by atoms with Gasteiger partial charge in [-0.1, -0.05) is 12.1 Å². The number of nitrogen functional groups attached to an aromatic ring is 1. The van der Waals surface area contributed by atoms with Crippen LogP contribution in [0.2, 0.25) is 0 Å². The molecular formula is C14H16N2O3S2. The monoisotopic (exact) mass is 324 g/mol. The smallest absolute Gasteiger partial charge is 0.274 e. The Morgan fingerprint density at radius 2 is 2.19 bits per heavy atom. The van der Waals surface area contributed by atoms with Crippen LogP contribution >= 0.6 is 11.3 Å². The molecule has 0 saturated carbocycles. The zero-order valence-corrected chi connectivity index (χ0v) is 13.2. The number of thiophene rings is 1. The molecule has 1 aliphatic heterocycles. The lowest BCUT2D eigenvalue weighted by Crippen LogP contribution is -2.35. The summed E-state index contributed by atoms with van der Waals surface area (Å²) in [5.74, 6) is 0.584. The molecule has 2 N–H and O–H groups in total. The van der Waals surface area contributed by atoms with E-state index in [1.807, 2.05) is 12.1 Å². The van der Waals surface area contributed by atoms with Crippen LogP contribution in [0.5, 0.6) is 5.75 Å². The van der Waals surface area contributed by atoms with E-state index in [1.54, 1.807) is 18.6 Å². The third kappa shape index (κ3) is 2.36. The van der Waals surface area contributed by atoms with Crippen LogP contribution in [0.3, 0.4) is 0 Å². The molecule has 1 aliphatic rings. The summed E-state index contributed by atoms with van der Waals surface area (Å²) < 4.78 is 32.8. The van der Waals surface area contributed by atoms with Gasteiger partial charge in [-0.3, -0.25) is 4.31 Å². The lowest BCUT2D eigenvalue weighted by Gasteiger charge is -2.31. The Bertz CT molecular complexity index is 754. The number of anilines is 2. The number of benzene rings is 1. The van der Waals surface area contributed by atoms with E-state index >= 15 is 0 Å². The lowest BCUT2D eigenvalue weighted by atomic mass is 10.0. The number of hydrogen-bond acceptors (Lipinski definition) is 5. The van der Waals surface area contributed by atoms with Gasteiger partial charge in [0.15, 0.2) is 0 Å². The Balaban J connectivity index is 2.14. The van der Waals surface area contributed by atoms with Crippen LogP contribution in [0.25, 0.3) is 0 Å². The zero-order valence-electron chi connectivity index (χ0n) is 11.6. The summed E-state index contributed by atoms with van der Waals surface area (Å²) in [6.45, 7) is 0.452. The van der Waals surface area contributed by atoms with Gasteiger partial charge in [0.2, 0.25) is 0 Å². The predicted molar refractivity (Wildman–Crippen MR) is 84.6 cm³/mol. The molecule has 0 saturated heterocycles. The van der Waals surface area contributed by atoms with Gasteiger partial charge in [-0.05, 0) is 30.5 Å². The topological polar surface area (TPSA) is 72.6 Å². The number of methoxy groups -OCH3 is 1. The maximum absolute atomic E-state index is 12.9. The number of hydrogen-bond donors (Lipinski definition) is 1. The SMILES string of the molecule is COc1cccc2c1N(S(=O)(=O)c1cc(N)cs1)CCC2. The standard InChI is InChI=1S/C14H16N2O3S2/c1-19-12-6-2-4-10-5-3-7-16(14(10)12)21(17,18)13-8-11(15)9-20-13/h2,4,6,8-9H,3,5,7,15H2,1H3. The van der Waals surface area contributed by atoms with Crippen LogP contribution in [0.4, 0.5) is 11.4 Å². The minimum atomic E-state index is -3.60. The summed E-state index contributed by atoms with van der Waals surface area (Å²) in [5.41, 5.74) is 7.77. The van der Waals surface area contributed by atoms with Crippen molar-refractivity contribution in [1.82, 2.24) is 0 Å². The van der Waals surface area contributed by atoms with E-state index in [0.717, 1.165) is 29.7 Å². The van der Waals surface area contributed by atoms with E-state index in [1.165, 1.54) is 10.4 Å². The molecule has 0 fully saturated rings. The van der Waals surface area contributed by atoms with Crippen molar-refractivity contribution in [3.63, 3.8) is 0 Å². The minimum absolute atomic E-state index is 0.263. The van der Waals surface area contributed by atoms with Gasteiger partial charge >= 0.3 is 0 Å². The van der Waals surface area contributed by atoms with Crippen molar-refractivity contribution in [2.45, 2.75) is 17.1 Å². The number of para-hydroxylation sites is 1. The fourth-order valence-electron chi connectivity index (χ4n) is 2.56. The first kappa shape index (κ1) is 14.2. The largest absolute Gasteiger partial charge is 0.495 e. The molecule has 2 aromatic rings. The molecule has 1 aromatic heterocycles. The predicted octanol–water partition coefficient (Wildman–Crippen LogP) is 2.48. The normalized spacial score (nSPS) is 14.8. The maximum atomic E-state index is 12.9. The Morgan fingerprint density at radius 3 is 2.86 bits per heavy atom. The van der Waals surface area contributed by atoms with Gasteiger partial charge in [-0.25, -0.2) is 8.42 Å². The van der Waals surface area contributed by atoms with Gasteiger partial charge in [0.05, 0.1) is 12.8 Å². The summed E-state index contributed by atoms with van der Waals surface area (Å²) >= 11 is 1.14. The fraction of sp³-hybridized carbons (Fsp3) is 0.286. The Hall–Kier alpha value is -1.73. The number of nitrogens with two attached hydrogens (primary N) is 1. The van der Waals surface area contributed by atoms with E-state index in [2.05, 4.69) is 0 Å². The highest BCUT2D eigenvalue weighted by atomic mass is 32.2. The first-order valence-corrected chi connectivity index (χ1v) is 8.88. The second-order valence-electron chi connectivity index (χ2n) is 4.85. The number of rotatable bonds is 3. The quantitative estimate of drug-likeness (QED) is 0.941. The second-order valence-corrected chi connectivity index (χ2v) is 7.85. The van der Waals surface area contributed by atoms with E-state index in [9.17, 15) is 8.42 Å². The summed E-state index contributed by atoms with van der Waals surface area (Å²) in [4.78, 5) is 0. The van der Waals surface area contributed by atoms with Crippen LogP contribution in [0, 0.1) is 0 Å². The van der Waals surface area contributed by atoms with Crippen molar-refractivity contribution in [2.75, 3.05) is 23.7 Å². The van der Waals surface area contributed by atoms with Crippen molar-refractivity contribution < 1.29 is 13.2 Å². The Morgan fingerprint density at radius 1 is 1.38 bits per heavy atom. The number of ether oxygens (including phenoxy) is 1. The number of fused-ring (bicyclic) bond motifs is 1. The molecule has 7 heteroatoms. The van der Waals surface area contributed by atoms with Crippen LogP contribution < -0.4 is 14.8 Å². The van der Waals surface area contributed by atoms with Crippen LogP contribution in [0.1, 0.15) is 12.0 Å². The third-order valence-corrected chi connectivity index (χ3v) is 6.73. The average molecular weight is 324 g/mol. The van der Waals surface area contributed by atoms with Crippen molar-refractivity contribution in [2.24, 2.45) is 0 Å². The molecule has 21 heavy (non-hydrogen) atoms. The summed E-state index contributed by atoms with van der Waals surface area (Å²) in [7, 11) is -2.04. The van der Waals surface area contributed by atoms with Crippen LogP contribution in [-0.2, 0) is 16.4 Å². The first-order valence-electron chi connectivity index (χ1n) is 6.56. The van der Waals surface area contributed by atoms with Crippen molar-refractivity contribution >= 4 is 32.7 Å². The van der Waals surface area contributed by atoms with Gasteiger partial charge in [0, 0.05) is 17.6 Å². The van der Waals surface area contributed by atoms with Gasteiger partial charge in [-0.2, -0.15) is 0 Å². The molecule has 0 atom stereocenters. The van der Waals surface area contributed by atoms with Gasteiger partial charge in [0.25, 0.3) is 10.0 Å². The minimum Gasteiger partial charge on any atom is -0.495 e. The highest BCUT2D eigenvalue weighted by molar-refractivity contribution is 7.94. The summed E-state index contributed by atoms with van der Waals surface area (Å²) in [5, 5.41) is 1.64. The maximum Gasteiger partial charge on any atom is 0.274 e. The molecular weight excluding hydrogens is 308 g/mol. The van der Waals surface area contributed by atoms with Crippen LogP contribution in [0.15, 0.2) is 33.9 Å². The zero-order chi connectivity index (χ0) is 15.0. The van der Waals surface area contributed by atoms with E-state index in [4.69, 9.17) is 10.5 Å². The molecule has 0 unspecified atom stereocenters. The highest BCUT2D eigenvalue weighted by Gasteiger charge is 2.32. The Kier molecular flexibility index (Phi) is 3.54. The molecule has 1 aromatic carbocycles. The molecule has 2 heterocycles. The lowest BCUT2D eigenvalue weighted by molar-refractivity contribution is 0.414. The van der Waals surface area contributed by atoms with Crippen molar-refractivity contribution in [3.05, 3.63) is 35.2 Å². The number of aryl methyl sites for hydroxylation is 1. The molecule has 3 rings (SSSR count). The van der Waals surface area contributed by atoms with Crippen LogP contribution in [-0.4, -0.2) is 22.1 Å². The number of nitrogens with zero attached hydrogens (tertiary/aromatic N) is 1. The van der Waals surface area contributed by atoms with Gasteiger partial charge in [0.1, 0.15) is 9.96 Å². The molecule has 5 nitrogen and oxygen atoms in total. The summed E-state index contributed by atoms with van der Waals surface area (Å²) in [6, 6.07) is 7.12. The highest BCUT2D eigenvalue weighted by Crippen LogP contribution is 2.40. The van der Waals surface area contributed by atoms with E-state index in [-0.39, 0.29) is 4.21 Å². The molecule has 0 bridgehead atoms.